The molecule has 2 heterocycles. The van der Waals surface area contributed by atoms with Crippen LogP contribution in [0.25, 0.3) is 32.7 Å². The maximum atomic E-state index is 4.78. The standard InChI is InChI=1S/C34H26NP/c1-2-13-28(14-3-1)36-23-26-18-17-24-10-4-6-15-29(24)33(26)34-30-16-7-5-11-25(30)19-20-31(34)32(36)22-27-12-8-9-21-35-27/h1-21,32H,22-23H2/t32-,36?/m1/s1. The summed E-state index contributed by atoms with van der Waals surface area (Å²) in [5.41, 5.74) is 7.31. The summed E-state index contributed by atoms with van der Waals surface area (Å²) in [6.45, 7) is 0. The Bertz CT molecular complexity index is 1690. The molecular formula is C34H26NP. The van der Waals surface area contributed by atoms with Crippen molar-refractivity contribution in [3.8, 4) is 11.1 Å². The third-order valence-electron chi connectivity index (χ3n) is 7.52. The highest BCUT2D eigenvalue weighted by atomic mass is 31.1. The van der Waals surface area contributed by atoms with Gasteiger partial charge in [0.05, 0.1) is 0 Å². The van der Waals surface area contributed by atoms with Crippen LogP contribution in [0.2, 0.25) is 0 Å². The highest BCUT2D eigenvalue weighted by Gasteiger charge is 2.33. The fourth-order valence-electron chi connectivity index (χ4n) is 5.88. The minimum absolute atomic E-state index is 0.378. The molecule has 7 rings (SSSR count). The summed E-state index contributed by atoms with van der Waals surface area (Å²) in [7, 11) is -0.505. The van der Waals surface area contributed by atoms with E-state index in [-0.39, 0.29) is 0 Å². The maximum Gasteiger partial charge on any atom is 0.0413 e. The topological polar surface area (TPSA) is 12.9 Å². The van der Waals surface area contributed by atoms with Crippen molar-refractivity contribution in [1.29, 1.82) is 0 Å². The molecule has 0 amide bonds. The smallest absolute Gasteiger partial charge is 0.0413 e. The Morgan fingerprint density at radius 3 is 2.03 bits per heavy atom. The van der Waals surface area contributed by atoms with Crippen LogP contribution in [0.4, 0.5) is 0 Å². The number of benzene rings is 5. The van der Waals surface area contributed by atoms with Gasteiger partial charge < -0.3 is 0 Å². The van der Waals surface area contributed by atoms with Crippen molar-refractivity contribution in [1.82, 2.24) is 4.98 Å². The first-order valence-corrected chi connectivity index (χ1v) is 14.2. The van der Waals surface area contributed by atoms with Crippen LogP contribution in [0.15, 0.2) is 128 Å². The van der Waals surface area contributed by atoms with Crippen LogP contribution in [0.3, 0.4) is 0 Å². The Hall–Kier alpha value is -3.80. The Morgan fingerprint density at radius 1 is 0.611 bits per heavy atom. The van der Waals surface area contributed by atoms with Crippen molar-refractivity contribution in [2.45, 2.75) is 18.2 Å². The van der Waals surface area contributed by atoms with Gasteiger partial charge in [-0.15, -0.1) is 0 Å². The number of aromatic nitrogens is 1. The number of hydrogen-bond donors (Lipinski definition) is 0. The molecule has 5 aromatic carbocycles. The molecule has 2 heteroatoms. The lowest BCUT2D eigenvalue weighted by atomic mass is 9.86. The van der Waals surface area contributed by atoms with E-state index in [1.165, 1.54) is 54.8 Å². The van der Waals surface area contributed by atoms with E-state index in [1.54, 1.807) is 0 Å². The minimum atomic E-state index is -0.505. The lowest BCUT2D eigenvalue weighted by molar-refractivity contribution is 0.883. The van der Waals surface area contributed by atoms with Crippen molar-refractivity contribution in [3.63, 3.8) is 0 Å². The molecule has 6 aromatic rings. The van der Waals surface area contributed by atoms with Gasteiger partial charge in [-0.3, -0.25) is 4.98 Å². The monoisotopic (exact) mass is 479 g/mol. The maximum absolute atomic E-state index is 4.78. The minimum Gasteiger partial charge on any atom is -0.261 e. The summed E-state index contributed by atoms with van der Waals surface area (Å²) in [6.07, 6.45) is 3.94. The van der Waals surface area contributed by atoms with Gasteiger partial charge >= 0.3 is 0 Å². The van der Waals surface area contributed by atoms with Gasteiger partial charge in [0, 0.05) is 24.0 Å². The zero-order chi connectivity index (χ0) is 23.9. The van der Waals surface area contributed by atoms with Crippen molar-refractivity contribution in [2.75, 3.05) is 0 Å². The van der Waals surface area contributed by atoms with E-state index < -0.39 is 7.92 Å². The molecule has 0 N–H and O–H groups in total. The first-order chi connectivity index (χ1) is 17.9. The summed E-state index contributed by atoms with van der Waals surface area (Å²) in [5, 5.41) is 6.78. The fourth-order valence-corrected chi connectivity index (χ4v) is 8.79. The second-order valence-corrected chi connectivity index (χ2v) is 12.0. The normalized spacial score (nSPS) is 16.9. The number of fused-ring (bicyclic) bond motifs is 7. The van der Waals surface area contributed by atoms with E-state index in [0.717, 1.165) is 12.6 Å². The third-order valence-corrected chi connectivity index (χ3v) is 10.4. The SMILES string of the molecule is c1ccc(P2Cc3ccc4ccccc4c3-c3c(ccc4ccccc34)[C@H]2Cc2ccccn2)cc1. The van der Waals surface area contributed by atoms with E-state index in [9.17, 15) is 0 Å². The van der Waals surface area contributed by atoms with E-state index in [1.807, 2.05) is 12.3 Å². The third kappa shape index (κ3) is 3.63. The molecule has 0 spiro atoms. The van der Waals surface area contributed by atoms with Crippen LogP contribution >= 0.6 is 7.92 Å². The molecule has 1 aliphatic heterocycles. The number of hydrogen-bond acceptors (Lipinski definition) is 1. The van der Waals surface area contributed by atoms with Crippen LogP contribution in [0.5, 0.6) is 0 Å². The Labute approximate surface area is 213 Å². The number of pyridine rings is 1. The summed E-state index contributed by atoms with van der Waals surface area (Å²) >= 11 is 0. The summed E-state index contributed by atoms with van der Waals surface area (Å²) < 4.78 is 0. The summed E-state index contributed by atoms with van der Waals surface area (Å²) in [4.78, 5) is 4.78. The molecule has 0 saturated heterocycles. The van der Waals surface area contributed by atoms with Crippen LogP contribution in [0, 0.1) is 0 Å². The van der Waals surface area contributed by atoms with E-state index in [4.69, 9.17) is 4.98 Å². The van der Waals surface area contributed by atoms with Gasteiger partial charge in [-0.2, -0.15) is 0 Å². The molecule has 0 saturated carbocycles. The van der Waals surface area contributed by atoms with Gasteiger partial charge in [0.2, 0.25) is 0 Å². The van der Waals surface area contributed by atoms with Crippen molar-refractivity contribution in [3.05, 3.63) is 144 Å². The Balaban J connectivity index is 1.58. The summed E-state index contributed by atoms with van der Waals surface area (Å²) in [5.74, 6) is 0. The van der Waals surface area contributed by atoms with Gasteiger partial charge in [0.1, 0.15) is 0 Å². The van der Waals surface area contributed by atoms with E-state index >= 15 is 0 Å². The van der Waals surface area contributed by atoms with Gasteiger partial charge in [0.25, 0.3) is 0 Å². The quantitative estimate of drug-likeness (QED) is 0.231. The molecule has 172 valence electrons. The largest absolute Gasteiger partial charge is 0.261 e. The second kappa shape index (κ2) is 9.01. The molecule has 0 aliphatic carbocycles. The molecule has 36 heavy (non-hydrogen) atoms. The first kappa shape index (κ1) is 21.5. The second-order valence-electron chi connectivity index (χ2n) is 9.58. The van der Waals surface area contributed by atoms with Crippen LogP contribution < -0.4 is 5.30 Å². The van der Waals surface area contributed by atoms with Gasteiger partial charge in [-0.25, -0.2) is 0 Å². The lowest BCUT2D eigenvalue weighted by Gasteiger charge is -2.28. The zero-order valence-corrected chi connectivity index (χ0v) is 20.9. The number of nitrogens with zero attached hydrogens (tertiary/aromatic N) is 1. The first-order valence-electron chi connectivity index (χ1n) is 12.6. The molecule has 1 aliphatic rings. The molecule has 1 nitrogen and oxygen atoms in total. The average molecular weight is 480 g/mol. The molecule has 0 fully saturated rings. The fraction of sp³-hybridized carbons (Fsp3) is 0.0882. The molecule has 2 atom stereocenters. The van der Waals surface area contributed by atoms with Crippen LogP contribution in [-0.2, 0) is 12.6 Å². The Morgan fingerprint density at radius 2 is 1.28 bits per heavy atom. The van der Waals surface area contributed by atoms with Crippen molar-refractivity contribution in [2.24, 2.45) is 0 Å². The average Bonchev–Trinajstić information content (AvgIpc) is 3.09. The number of rotatable bonds is 3. The lowest BCUT2D eigenvalue weighted by Crippen LogP contribution is -2.12. The van der Waals surface area contributed by atoms with E-state index in [2.05, 4.69) is 115 Å². The molecular weight excluding hydrogens is 453 g/mol. The molecule has 1 aromatic heterocycles. The molecule has 0 bridgehead atoms. The zero-order valence-electron chi connectivity index (χ0n) is 20.0. The van der Waals surface area contributed by atoms with Gasteiger partial charge in [-0.1, -0.05) is 117 Å². The van der Waals surface area contributed by atoms with Crippen LogP contribution in [-0.4, -0.2) is 4.98 Å². The highest BCUT2D eigenvalue weighted by molar-refractivity contribution is 7.65. The predicted octanol–water partition coefficient (Wildman–Crippen LogP) is 8.66. The highest BCUT2D eigenvalue weighted by Crippen LogP contribution is 2.60. The molecule has 1 unspecified atom stereocenters. The van der Waals surface area contributed by atoms with E-state index in [0.29, 0.717) is 5.66 Å². The van der Waals surface area contributed by atoms with Crippen molar-refractivity contribution >= 4 is 34.8 Å². The van der Waals surface area contributed by atoms with Crippen molar-refractivity contribution < 1.29 is 0 Å². The predicted molar refractivity (Wildman–Crippen MR) is 154 cm³/mol. The Kier molecular flexibility index (Phi) is 5.38. The van der Waals surface area contributed by atoms with Crippen LogP contribution in [0.1, 0.15) is 22.5 Å². The summed E-state index contributed by atoms with van der Waals surface area (Å²) in [6, 6.07) is 44.8. The van der Waals surface area contributed by atoms with Gasteiger partial charge in [0.15, 0.2) is 0 Å². The molecule has 0 radical (unpaired) electrons. The van der Waals surface area contributed by atoms with Gasteiger partial charge in [-0.05, 0) is 67.4 Å².